The van der Waals surface area contributed by atoms with Crippen molar-refractivity contribution in [3.8, 4) is 0 Å². The van der Waals surface area contributed by atoms with Crippen molar-refractivity contribution in [1.82, 2.24) is 4.90 Å². The van der Waals surface area contributed by atoms with E-state index >= 15 is 0 Å². The maximum Gasteiger partial charge on any atom is 0.263 e. The Bertz CT molecular complexity index is 1020. The van der Waals surface area contributed by atoms with Crippen LogP contribution < -0.4 is 4.90 Å². The fourth-order valence-electron chi connectivity index (χ4n) is 4.54. The van der Waals surface area contributed by atoms with Crippen LogP contribution in [-0.2, 0) is 16.1 Å². The molecule has 1 saturated carbocycles. The van der Waals surface area contributed by atoms with Crippen LogP contribution >= 0.6 is 23.2 Å². The van der Waals surface area contributed by atoms with Gasteiger partial charge in [-0.05, 0) is 47.7 Å². The number of fused-ring (bicyclic) bond motifs is 1. The van der Waals surface area contributed by atoms with E-state index < -0.39 is 12.0 Å². The Kier molecular flexibility index (Phi) is 4.67. The summed E-state index contributed by atoms with van der Waals surface area (Å²) >= 11 is 12.9. The number of benzene rings is 2. The van der Waals surface area contributed by atoms with E-state index in [-0.39, 0.29) is 18.2 Å². The standard InChI is InChI=1S/C22H20Cl2N2O3/c23-12-7-15-16(10-25(13-5-6-13)11-17(15)18(24)8-12)14-3-1-2-4-19(14)26-21(28)9-20(27)22(26)29/h1-4,7-8,13,16,20,27H,5-6,9-11H2/t16-,20-/m0/s1. The second-order valence-electron chi connectivity index (χ2n) is 8.01. The number of hydrogen-bond donors (Lipinski definition) is 1. The fourth-order valence-corrected chi connectivity index (χ4v) is 5.11. The molecule has 2 aliphatic heterocycles. The van der Waals surface area contributed by atoms with Gasteiger partial charge in [0.15, 0.2) is 0 Å². The van der Waals surface area contributed by atoms with Gasteiger partial charge >= 0.3 is 0 Å². The molecule has 5 rings (SSSR count). The lowest BCUT2D eigenvalue weighted by molar-refractivity contribution is -0.124. The Hall–Kier alpha value is -1.92. The molecule has 0 bridgehead atoms. The van der Waals surface area contributed by atoms with Gasteiger partial charge < -0.3 is 5.11 Å². The summed E-state index contributed by atoms with van der Waals surface area (Å²) in [4.78, 5) is 28.5. The van der Waals surface area contributed by atoms with Gasteiger partial charge in [-0.2, -0.15) is 0 Å². The first-order valence-electron chi connectivity index (χ1n) is 9.79. The van der Waals surface area contributed by atoms with Crippen LogP contribution in [0.5, 0.6) is 0 Å². The van der Waals surface area contributed by atoms with Gasteiger partial charge in [-0.25, -0.2) is 4.90 Å². The predicted octanol–water partition coefficient (Wildman–Crippen LogP) is 3.73. The van der Waals surface area contributed by atoms with Gasteiger partial charge in [-0.1, -0.05) is 41.4 Å². The molecule has 2 aromatic carbocycles. The average molecular weight is 431 g/mol. The maximum absolute atomic E-state index is 12.5. The van der Waals surface area contributed by atoms with Crippen molar-refractivity contribution in [2.75, 3.05) is 11.4 Å². The molecule has 2 amide bonds. The first-order chi connectivity index (χ1) is 13.9. The number of carbonyl (C=O) groups excluding carboxylic acids is 2. The number of nitrogens with zero attached hydrogens (tertiary/aromatic N) is 2. The van der Waals surface area contributed by atoms with Crippen LogP contribution in [0, 0.1) is 0 Å². The zero-order valence-electron chi connectivity index (χ0n) is 15.6. The van der Waals surface area contributed by atoms with E-state index in [0.717, 1.165) is 34.7 Å². The molecule has 0 unspecified atom stereocenters. The average Bonchev–Trinajstić information content (AvgIpc) is 3.49. The number of halogens is 2. The van der Waals surface area contributed by atoms with E-state index in [9.17, 15) is 14.7 Å². The highest BCUT2D eigenvalue weighted by Gasteiger charge is 2.42. The molecule has 0 aromatic heterocycles. The van der Waals surface area contributed by atoms with Crippen LogP contribution in [0.1, 0.15) is 41.9 Å². The number of para-hydroxylation sites is 1. The lowest BCUT2D eigenvalue weighted by Crippen LogP contribution is -2.37. The molecule has 7 heteroatoms. The van der Waals surface area contributed by atoms with Gasteiger partial charge in [0.1, 0.15) is 6.10 Å². The highest BCUT2D eigenvalue weighted by molar-refractivity contribution is 6.35. The Morgan fingerprint density at radius 2 is 1.79 bits per heavy atom. The van der Waals surface area contributed by atoms with Crippen LogP contribution in [0.25, 0.3) is 0 Å². The van der Waals surface area contributed by atoms with Crippen molar-refractivity contribution in [3.63, 3.8) is 0 Å². The zero-order chi connectivity index (χ0) is 20.3. The van der Waals surface area contributed by atoms with E-state index in [1.165, 1.54) is 12.8 Å². The summed E-state index contributed by atoms with van der Waals surface area (Å²) in [6, 6.07) is 11.7. The van der Waals surface area contributed by atoms with E-state index in [2.05, 4.69) is 4.90 Å². The summed E-state index contributed by atoms with van der Waals surface area (Å²) in [5.41, 5.74) is 3.48. The second kappa shape index (κ2) is 7.10. The lowest BCUT2D eigenvalue weighted by atomic mass is 9.83. The van der Waals surface area contributed by atoms with Gasteiger partial charge in [-0.15, -0.1) is 0 Å². The third-order valence-corrected chi connectivity index (χ3v) is 6.64. The van der Waals surface area contributed by atoms with Crippen LogP contribution in [0.3, 0.4) is 0 Å². The number of aliphatic hydroxyl groups excluding tert-OH is 1. The molecular weight excluding hydrogens is 411 g/mol. The summed E-state index contributed by atoms with van der Waals surface area (Å²) in [6.07, 6.45) is 0.885. The van der Waals surface area contributed by atoms with Crippen LogP contribution in [0.4, 0.5) is 5.69 Å². The molecule has 1 N–H and O–H groups in total. The molecule has 0 radical (unpaired) electrons. The third kappa shape index (κ3) is 3.26. The SMILES string of the molecule is O=C1C[C@H](O)C(=O)N1c1ccccc1[C@@H]1CN(C2CC2)Cc2c(Cl)cc(Cl)cc21. The van der Waals surface area contributed by atoms with Crippen LogP contribution in [0.15, 0.2) is 36.4 Å². The van der Waals surface area contributed by atoms with Gasteiger partial charge in [0.25, 0.3) is 5.91 Å². The quantitative estimate of drug-likeness (QED) is 0.753. The first-order valence-corrected chi connectivity index (χ1v) is 10.5. The van der Waals surface area contributed by atoms with Crippen molar-refractivity contribution < 1.29 is 14.7 Å². The lowest BCUT2D eigenvalue weighted by Gasteiger charge is -2.37. The highest BCUT2D eigenvalue weighted by atomic mass is 35.5. The van der Waals surface area contributed by atoms with Crippen molar-refractivity contribution in [2.45, 2.75) is 43.9 Å². The van der Waals surface area contributed by atoms with Crippen molar-refractivity contribution in [3.05, 3.63) is 63.1 Å². The number of anilines is 1. The highest BCUT2D eigenvalue weighted by Crippen LogP contribution is 2.44. The number of aliphatic hydroxyl groups is 1. The van der Waals surface area contributed by atoms with Gasteiger partial charge in [-0.3, -0.25) is 14.5 Å². The van der Waals surface area contributed by atoms with E-state index in [1.807, 2.05) is 18.2 Å². The van der Waals surface area contributed by atoms with Crippen molar-refractivity contribution in [1.29, 1.82) is 0 Å². The second-order valence-corrected chi connectivity index (χ2v) is 8.86. The fraction of sp³-hybridized carbons (Fsp3) is 0.364. The minimum Gasteiger partial charge on any atom is -0.383 e. The molecule has 29 heavy (non-hydrogen) atoms. The Labute approximate surface area is 178 Å². The summed E-state index contributed by atoms with van der Waals surface area (Å²) < 4.78 is 0. The van der Waals surface area contributed by atoms with Crippen molar-refractivity contribution >= 4 is 40.7 Å². The number of amides is 2. The van der Waals surface area contributed by atoms with Crippen molar-refractivity contribution in [2.24, 2.45) is 0 Å². The van der Waals surface area contributed by atoms with Crippen LogP contribution in [0.2, 0.25) is 10.0 Å². The Morgan fingerprint density at radius 1 is 1.03 bits per heavy atom. The summed E-state index contributed by atoms with van der Waals surface area (Å²) in [5, 5.41) is 11.1. The van der Waals surface area contributed by atoms with Gasteiger partial charge in [0.2, 0.25) is 5.91 Å². The maximum atomic E-state index is 12.5. The molecule has 2 heterocycles. The molecule has 2 atom stereocenters. The van der Waals surface area contributed by atoms with E-state index in [1.54, 1.807) is 18.2 Å². The number of imide groups is 1. The Balaban J connectivity index is 1.65. The third-order valence-electron chi connectivity index (χ3n) is 6.09. The molecule has 3 aliphatic rings. The minimum atomic E-state index is -1.28. The zero-order valence-corrected chi connectivity index (χ0v) is 17.2. The molecule has 2 aromatic rings. The largest absolute Gasteiger partial charge is 0.383 e. The minimum absolute atomic E-state index is 0.0786. The number of rotatable bonds is 3. The topological polar surface area (TPSA) is 60.9 Å². The first kappa shape index (κ1) is 19.1. The van der Waals surface area contributed by atoms with E-state index in [4.69, 9.17) is 23.2 Å². The van der Waals surface area contributed by atoms with E-state index in [0.29, 0.717) is 21.8 Å². The molecule has 5 nitrogen and oxygen atoms in total. The van der Waals surface area contributed by atoms with Crippen LogP contribution in [-0.4, -0.2) is 40.5 Å². The predicted molar refractivity (Wildman–Crippen MR) is 111 cm³/mol. The monoisotopic (exact) mass is 430 g/mol. The number of hydrogen-bond acceptors (Lipinski definition) is 4. The smallest absolute Gasteiger partial charge is 0.263 e. The molecule has 1 saturated heterocycles. The van der Waals surface area contributed by atoms with Gasteiger partial charge in [0, 0.05) is 35.1 Å². The molecule has 2 fully saturated rings. The summed E-state index contributed by atoms with van der Waals surface area (Å²) in [6.45, 7) is 1.54. The van der Waals surface area contributed by atoms with Gasteiger partial charge in [0.05, 0.1) is 12.1 Å². The summed E-state index contributed by atoms with van der Waals surface area (Å²) in [5.74, 6) is -1.03. The molecule has 0 spiro atoms. The molecule has 1 aliphatic carbocycles. The Morgan fingerprint density at radius 3 is 2.48 bits per heavy atom. The normalized spacial score (nSPS) is 24.9. The molecule has 150 valence electrons. The molecular formula is C22H20Cl2N2O3. The number of carbonyl (C=O) groups is 2. The summed E-state index contributed by atoms with van der Waals surface area (Å²) in [7, 11) is 0.